The standard InChI is InChI=1S/C10H18N2O4/c13-10(14)6-7-12(16)9-5-3-1-2-4-8(9)11-15/h9,15-16H,1-7H2,(H,13,14)/b11-8+. The highest BCUT2D eigenvalue weighted by atomic mass is 16.5. The zero-order valence-corrected chi connectivity index (χ0v) is 9.17. The molecule has 1 fully saturated rings. The van der Waals surface area contributed by atoms with Gasteiger partial charge in [-0.3, -0.25) is 4.79 Å². The third kappa shape index (κ3) is 3.79. The smallest absolute Gasteiger partial charge is 0.304 e. The molecule has 0 aromatic rings. The van der Waals surface area contributed by atoms with Crippen LogP contribution in [0.1, 0.15) is 38.5 Å². The molecule has 0 saturated heterocycles. The van der Waals surface area contributed by atoms with Crippen LogP contribution in [-0.2, 0) is 4.79 Å². The summed E-state index contributed by atoms with van der Waals surface area (Å²) in [5.41, 5.74) is 0.547. The predicted molar refractivity (Wildman–Crippen MR) is 56.8 cm³/mol. The van der Waals surface area contributed by atoms with E-state index >= 15 is 0 Å². The van der Waals surface area contributed by atoms with Crippen LogP contribution < -0.4 is 0 Å². The largest absolute Gasteiger partial charge is 0.481 e. The van der Waals surface area contributed by atoms with Gasteiger partial charge in [-0.25, -0.2) is 0 Å². The summed E-state index contributed by atoms with van der Waals surface area (Å²) < 4.78 is 0. The molecule has 0 radical (unpaired) electrons. The quantitative estimate of drug-likeness (QED) is 0.384. The van der Waals surface area contributed by atoms with Gasteiger partial charge in [0, 0.05) is 6.54 Å². The van der Waals surface area contributed by atoms with Crippen molar-refractivity contribution in [1.82, 2.24) is 5.06 Å². The molecule has 6 nitrogen and oxygen atoms in total. The van der Waals surface area contributed by atoms with Crippen LogP contribution in [0.15, 0.2) is 5.16 Å². The highest BCUT2D eigenvalue weighted by Gasteiger charge is 2.25. The first-order valence-corrected chi connectivity index (χ1v) is 5.53. The van der Waals surface area contributed by atoms with Crippen LogP contribution in [0.5, 0.6) is 0 Å². The third-order valence-corrected chi connectivity index (χ3v) is 2.84. The minimum Gasteiger partial charge on any atom is -0.481 e. The first-order valence-electron chi connectivity index (χ1n) is 5.53. The molecule has 0 amide bonds. The molecule has 6 heteroatoms. The van der Waals surface area contributed by atoms with Crippen LogP contribution >= 0.6 is 0 Å². The SMILES string of the molecule is O=C(O)CCN(O)C1CCCCC/C1=N\O. The number of aliphatic carboxylic acids is 1. The number of hydrogen-bond donors (Lipinski definition) is 3. The third-order valence-electron chi connectivity index (χ3n) is 2.84. The molecular weight excluding hydrogens is 212 g/mol. The summed E-state index contributed by atoms with van der Waals surface area (Å²) in [6, 6.07) is -0.341. The van der Waals surface area contributed by atoms with Crippen LogP contribution in [0.3, 0.4) is 0 Å². The molecule has 0 aromatic carbocycles. The van der Waals surface area contributed by atoms with E-state index in [2.05, 4.69) is 5.16 Å². The molecule has 1 saturated carbocycles. The summed E-state index contributed by atoms with van der Waals surface area (Å²) in [6.07, 6.45) is 4.19. The Balaban J connectivity index is 2.55. The summed E-state index contributed by atoms with van der Waals surface area (Å²) in [7, 11) is 0. The average Bonchev–Trinajstić information content (AvgIpc) is 2.50. The summed E-state index contributed by atoms with van der Waals surface area (Å²) >= 11 is 0. The van der Waals surface area contributed by atoms with Crippen molar-refractivity contribution in [3.8, 4) is 0 Å². The lowest BCUT2D eigenvalue weighted by molar-refractivity contribution is -0.144. The molecule has 0 aromatic heterocycles. The molecule has 0 aliphatic heterocycles. The van der Waals surface area contributed by atoms with Crippen molar-refractivity contribution < 1.29 is 20.3 Å². The van der Waals surface area contributed by atoms with Crippen LogP contribution in [0.25, 0.3) is 0 Å². The molecule has 1 aliphatic rings. The van der Waals surface area contributed by atoms with Gasteiger partial charge in [-0.1, -0.05) is 18.0 Å². The van der Waals surface area contributed by atoms with E-state index in [-0.39, 0.29) is 19.0 Å². The lowest BCUT2D eigenvalue weighted by Gasteiger charge is -2.24. The average molecular weight is 230 g/mol. The fourth-order valence-corrected chi connectivity index (χ4v) is 1.96. The number of rotatable bonds is 4. The van der Waals surface area contributed by atoms with E-state index in [9.17, 15) is 10.0 Å². The molecular formula is C10H18N2O4. The van der Waals surface area contributed by atoms with E-state index in [1.165, 1.54) is 0 Å². The molecule has 1 rings (SSSR count). The van der Waals surface area contributed by atoms with Crippen molar-refractivity contribution in [2.75, 3.05) is 6.54 Å². The number of hydrogen-bond acceptors (Lipinski definition) is 5. The van der Waals surface area contributed by atoms with Gasteiger partial charge in [0.2, 0.25) is 0 Å². The van der Waals surface area contributed by atoms with Crippen LogP contribution in [-0.4, -0.2) is 44.9 Å². The van der Waals surface area contributed by atoms with Crippen LogP contribution in [0, 0.1) is 0 Å². The van der Waals surface area contributed by atoms with Gasteiger partial charge in [0.1, 0.15) is 0 Å². The van der Waals surface area contributed by atoms with Crippen molar-refractivity contribution in [3.63, 3.8) is 0 Å². The van der Waals surface area contributed by atoms with E-state index in [1.54, 1.807) is 0 Å². The number of carbonyl (C=O) groups is 1. The number of hydroxylamine groups is 2. The van der Waals surface area contributed by atoms with E-state index in [0.29, 0.717) is 18.6 Å². The highest BCUT2D eigenvalue weighted by Crippen LogP contribution is 2.19. The first-order chi connectivity index (χ1) is 7.65. The summed E-state index contributed by atoms with van der Waals surface area (Å²) in [4.78, 5) is 10.4. The Morgan fingerprint density at radius 2 is 2.19 bits per heavy atom. The van der Waals surface area contributed by atoms with Gasteiger partial charge in [0.15, 0.2) is 0 Å². The molecule has 3 N–H and O–H groups in total. The van der Waals surface area contributed by atoms with Gasteiger partial charge in [-0.2, -0.15) is 5.06 Å². The van der Waals surface area contributed by atoms with Gasteiger partial charge in [0.25, 0.3) is 0 Å². The molecule has 1 aliphatic carbocycles. The lowest BCUT2D eigenvalue weighted by atomic mass is 10.1. The van der Waals surface area contributed by atoms with Crippen molar-refractivity contribution >= 4 is 11.7 Å². The summed E-state index contributed by atoms with van der Waals surface area (Å²) in [5, 5.41) is 31.3. The van der Waals surface area contributed by atoms with Crippen molar-refractivity contribution in [2.24, 2.45) is 5.16 Å². The molecule has 0 spiro atoms. The van der Waals surface area contributed by atoms with Gasteiger partial charge in [0.05, 0.1) is 18.2 Å². The van der Waals surface area contributed by atoms with Gasteiger partial charge in [-0.05, 0) is 19.3 Å². The predicted octanol–water partition coefficient (Wildman–Crippen LogP) is 1.32. The molecule has 1 atom stereocenters. The maximum Gasteiger partial charge on any atom is 0.304 e. The molecule has 0 bridgehead atoms. The van der Waals surface area contributed by atoms with E-state index in [4.69, 9.17) is 10.3 Å². The number of oxime groups is 1. The molecule has 0 heterocycles. The van der Waals surface area contributed by atoms with E-state index in [1.807, 2.05) is 0 Å². The topological polar surface area (TPSA) is 93.4 Å². The maximum absolute atomic E-state index is 10.4. The van der Waals surface area contributed by atoms with Crippen LogP contribution in [0.4, 0.5) is 0 Å². The minimum absolute atomic E-state index is 0.0546. The normalized spacial score (nSPS) is 24.6. The van der Waals surface area contributed by atoms with Gasteiger partial charge in [-0.15, -0.1) is 0 Å². The maximum atomic E-state index is 10.4. The summed E-state index contributed by atoms with van der Waals surface area (Å²) in [5.74, 6) is -0.949. The van der Waals surface area contributed by atoms with Crippen molar-refractivity contribution in [3.05, 3.63) is 0 Å². The van der Waals surface area contributed by atoms with Gasteiger partial charge < -0.3 is 15.5 Å². The Labute approximate surface area is 94.1 Å². The first kappa shape index (κ1) is 12.9. The molecule has 92 valence electrons. The fraction of sp³-hybridized carbons (Fsp3) is 0.800. The number of carboxylic acids is 1. The molecule has 16 heavy (non-hydrogen) atoms. The van der Waals surface area contributed by atoms with Crippen LogP contribution in [0.2, 0.25) is 0 Å². The Kier molecular flexibility index (Phi) is 5.21. The zero-order valence-electron chi connectivity index (χ0n) is 9.17. The van der Waals surface area contributed by atoms with E-state index < -0.39 is 5.97 Å². The van der Waals surface area contributed by atoms with E-state index in [0.717, 1.165) is 24.3 Å². The van der Waals surface area contributed by atoms with Gasteiger partial charge >= 0.3 is 5.97 Å². The van der Waals surface area contributed by atoms with Crippen molar-refractivity contribution in [2.45, 2.75) is 44.6 Å². The molecule has 1 unspecified atom stereocenters. The Morgan fingerprint density at radius 1 is 1.44 bits per heavy atom. The lowest BCUT2D eigenvalue weighted by Crippen LogP contribution is -2.39. The Morgan fingerprint density at radius 3 is 2.81 bits per heavy atom. The fourth-order valence-electron chi connectivity index (χ4n) is 1.96. The number of carboxylic acid groups (broad SMARTS) is 1. The Bertz CT molecular complexity index is 268. The summed E-state index contributed by atoms with van der Waals surface area (Å²) in [6.45, 7) is 0.0546. The minimum atomic E-state index is -0.949. The second-order valence-corrected chi connectivity index (χ2v) is 4.01. The zero-order chi connectivity index (χ0) is 12.0. The monoisotopic (exact) mass is 230 g/mol. The second kappa shape index (κ2) is 6.44. The number of nitrogens with zero attached hydrogens (tertiary/aromatic N) is 2. The Hall–Kier alpha value is -1.14. The van der Waals surface area contributed by atoms with Crippen molar-refractivity contribution in [1.29, 1.82) is 0 Å². The second-order valence-electron chi connectivity index (χ2n) is 4.01. The highest BCUT2D eigenvalue weighted by molar-refractivity contribution is 5.89.